The van der Waals surface area contributed by atoms with Gasteiger partial charge < -0.3 is 40.7 Å². The van der Waals surface area contributed by atoms with E-state index in [2.05, 4.69) is 24.5 Å². The Labute approximate surface area is 358 Å². The van der Waals surface area contributed by atoms with Gasteiger partial charge in [-0.25, -0.2) is 0 Å². The molecule has 0 bridgehead atoms. The molecule has 1 rings (SSSR count). The molecule has 1 aliphatic rings. The Hall–Kier alpha value is -2.28. The van der Waals surface area contributed by atoms with Crippen LogP contribution >= 0.6 is 0 Å². The summed E-state index contributed by atoms with van der Waals surface area (Å²) in [5.41, 5.74) is 0. The van der Waals surface area contributed by atoms with Gasteiger partial charge in [0.05, 0.1) is 6.61 Å². The van der Waals surface area contributed by atoms with Gasteiger partial charge in [0, 0.05) is 25.8 Å². The smallest absolute Gasteiger partial charge is 0.303 e. The molecule has 1 heterocycles. The van der Waals surface area contributed by atoms with Crippen LogP contribution < -0.4 is 10.6 Å². The Kier molecular flexibility index (Phi) is 32.8. The topological polar surface area (TPSA) is 186 Å². The number of hydrogen-bond donors (Lipinski definition) is 6. The summed E-state index contributed by atoms with van der Waals surface area (Å²) in [4.78, 5) is 53.2. The number of carbonyl (C=O) groups excluding carboxylic acids is 3. The molecule has 0 radical (unpaired) electrons. The van der Waals surface area contributed by atoms with Crippen LogP contribution in [0.3, 0.4) is 0 Å². The van der Waals surface area contributed by atoms with Crippen molar-refractivity contribution in [2.45, 2.75) is 257 Å². The molecule has 346 valence electrons. The molecule has 0 saturated carbocycles. The van der Waals surface area contributed by atoms with Gasteiger partial charge in [-0.2, -0.15) is 0 Å². The summed E-state index contributed by atoms with van der Waals surface area (Å²) in [5.74, 6) is -2.24. The average molecular weight is 840 g/mol. The Morgan fingerprint density at radius 3 is 1.51 bits per heavy atom. The molecule has 1 saturated heterocycles. The van der Waals surface area contributed by atoms with E-state index in [9.17, 15) is 34.5 Å². The lowest BCUT2D eigenvalue weighted by Gasteiger charge is -2.47. The fraction of sp³-hybridized carbons (Fsp3) is 0.915. The number of amides is 3. The van der Waals surface area contributed by atoms with Crippen molar-refractivity contribution < 1.29 is 44.3 Å². The maximum absolute atomic E-state index is 14.1. The lowest BCUT2D eigenvalue weighted by molar-refractivity contribution is -0.231. The minimum Gasteiger partial charge on any atom is -0.481 e. The Morgan fingerprint density at radius 2 is 1.07 bits per heavy atom. The summed E-state index contributed by atoms with van der Waals surface area (Å²) in [6.07, 6.45) is 24.6. The second-order valence-corrected chi connectivity index (χ2v) is 17.7. The molecule has 0 aromatic carbocycles. The van der Waals surface area contributed by atoms with Crippen molar-refractivity contribution in [2.24, 2.45) is 5.92 Å². The first-order valence-electron chi connectivity index (χ1n) is 24.2. The summed E-state index contributed by atoms with van der Waals surface area (Å²) in [6.45, 7) is 8.02. The maximum Gasteiger partial charge on any atom is 0.303 e. The normalized spacial score (nSPS) is 19.8. The van der Waals surface area contributed by atoms with Gasteiger partial charge in [-0.1, -0.05) is 175 Å². The first-order valence-corrected chi connectivity index (χ1v) is 24.2. The number of carboxylic acids is 1. The van der Waals surface area contributed by atoms with Gasteiger partial charge in [-0.15, -0.1) is 0 Å². The fourth-order valence-corrected chi connectivity index (χ4v) is 8.11. The van der Waals surface area contributed by atoms with E-state index in [0.29, 0.717) is 19.4 Å². The summed E-state index contributed by atoms with van der Waals surface area (Å²) < 4.78 is 6.19. The predicted octanol–water partition coefficient (Wildman–Crippen LogP) is 8.71. The number of aliphatic hydroxyl groups is 3. The molecule has 0 unspecified atom stereocenters. The van der Waals surface area contributed by atoms with Crippen LogP contribution in [0, 0.1) is 5.92 Å². The molecule has 3 amide bonds. The van der Waals surface area contributed by atoms with Crippen molar-refractivity contribution in [1.29, 1.82) is 0 Å². The van der Waals surface area contributed by atoms with Crippen LogP contribution in [0.15, 0.2) is 0 Å². The second-order valence-electron chi connectivity index (χ2n) is 17.7. The van der Waals surface area contributed by atoms with Crippen LogP contribution in [0.1, 0.15) is 220 Å². The largest absolute Gasteiger partial charge is 0.481 e. The number of ether oxygens (including phenoxy) is 1. The molecule has 12 nitrogen and oxygen atoms in total. The minimum atomic E-state index is -1.56. The molecular formula is C47H89N3O9. The molecule has 0 aromatic heterocycles. The number of carboxylic acid groups (broad SMARTS) is 1. The molecule has 1 fully saturated rings. The van der Waals surface area contributed by atoms with Crippen LogP contribution in [-0.2, 0) is 23.9 Å². The van der Waals surface area contributed by atoms with Crippen LogP contribution in [-0.4, -0.2) is 98.8 Å². The summed E-state index contributed by atoms with van der Waals surface area (Å²) in [6, 6.07) is -2.23. The van der Waals surface area contributed by atoms with E-state index in [4.69, 9.17) is 9.84 Å². The zero-order valence-electron chi connectivity index (χ0n) is 37.9. The Morgan fingerprint density at radius 1 is 0.610 bits per heavy atom. The third-order valence-corrected chi connectivity index (χ3v) is 11.7. The fourth-order valence-electron chi connectivity index (χ4n) is 8.11. The number of nitrogens with one attached hydrogen (secondary N) is 2. The van der Waals surface area contributed by atoms with Crippen LogP contribution in [0.4, 0.5) is 0 Å². The number of aliphatic hydroxyl groups excluding tert-OH is 3. The van der Waals surface area contributed by atoms with E-state index in [1.54, 1.807) is 4.90 Å². The van der Waals surface area contributed by atoms with Gasteiger partial charge in [0.15, 0.2) is 6.23 Å². The lowest BCUT2D eigenvalue weighted by atomic mass is 9.93. The van der Waals surface area contributed by atoms with Crippen molar-refractivity contribution in [3.63, 3.8) is 0 Å². The van der Waals surface area contributed by atoms with E-state index in [1.807, 2.05) is 13.8 Å². The second kappa shape index (κ2) is 35.3. The Balaban J connectivity index is 2.95. The molecule has 0 aromatic rings. The first-order chi connectivity index (χ1) is 28.5. The zero-order chi connectivity index (χ0) is 43.7. The van der Waals surface area contributed by atoms with Crippen molar-refractivity contribution in [3.05, 3.63) is 0 Å². The number of unbranched alkanes of at least 4 members (excludes halogenated alkanes) is 23. The average Bonchev–Trinajstić information content (AvgIpc) is 3.20. The van der Waals surface area contributed by atoms with E-state index in [-0.39, 0.29) is 43.9 Å². The summed E-state index contributed by atoms with van der Waals surface area (Å²) in [7, 11) is 0. The molecule has 1 aliphatic heterocycles. The minimum absolute atomic E-state index is 0.00192. The molecule has 6 N–H and O–H groups in total. The van der Waals surface area contributed by atoms with E-state index in [1.165, 1.54) is 109 Å². The highest BCUT2D eigenvalue weighted by molar-refractivity contribution is 5.88. The summed E-state index contributed by atoms with van der Waals surface area (Å²) >= 11 is 0. The molecule has 0 spiro atoms. The van der Waals surface area contributed by atoms with Gasteiger partial charge >= 0.3 is 5.97 Å². The highest BCUT2D eigenvalue weighted by atomic mass is 16.5. The summed E-state index contributed by atoms with van der Waals surface area (Å²) in [5, 5.41) is 47.0. The third-order valence-electron chi connectivity index (χ3n) is 11.7. The number of nitrogens with zero attached hydrogens (tertiary/aromatic N) is 1. The van der Waals surface area contributed by atoms with Gasteiger partial charge in [-0.05, 0) is 31.6 Å². The SMILES string of the molecule is CCCCCCCCCCCCCCCCCCN(C(=O)CCCCCCCCCCC)[C@@H]1O[C@H](CO)[C@@H](O)[C@H](O)[C@H]1NC(=O)[C@H](CC(C)C)NC(=O)CCCC(=O)O. The van der Waals surface area contributed by atoms with Gasteiger partial charge in [0.25, 0.3) is 0 Å². The van der Waals surface area contributed by atoms with Crippen LogP contribution in [0.5, 0.6) is 0 Å². The molecule has 59 heavy (non-hydrogen) atoms. The Bertz CT molecular complexity index is 1090. The van der Waals surface area contributed by atoms with Gasteiger partial charge in [0.1, 0.15) is 30.4 Å². The zero-order valence-corrected chi connectivity index (χ0v) is 37.9. The predicted molar refractivity (Wildman–Crippen MR) is 236 cm³/mol. The number of aliphatic carboxylic acids is 1. The van der Waals surface area contributed by atoms with Crippen molar-refractivity contribution in [1.82, 2.24) is 15.5 Å². The van der Waals surface area contributed by atoms with E-state index < -0.39 is 61.0 Å². The quantitative estimate of drug-likeness (QED) is 0.0331. The van der Waals surface area contributed by atoms with Crippen molar-refractivity contribution >= 4 is 23.7 Å². The monoisotopic (exact) mass is 840 g/mol. The van der Waals surface area contributed by atoms with E-state index >= 15 is 0 Å². The molecule has 12 heteroatoms. The lowest BCUT2D eigenvalue weighted by Crippen LogP contribution is -2.70. The number of hydrogen-bond acceptors (Lipinski definition) is 8. The van der Waals surface area contributed by atoms with Crippen molar-refractivity contribution in [2.75, 3.05) is 13.2 Å². The molecular weight excluding hydrogens is 751 g/mol. The van der Waals surface area contributed by atoms with Gasteiger partial charge in [-0.3, -0.25) is 19.2 Å². The highest BCUT2D eigenvalue weighted by Gasteiger charge is 2.48. The van der Waals surface area contributed by atoms with Gasteiger partial charge in [0.2, 0.25) is 17.7 Å². The van der Waals surface area contributed by atoms with Crippen molar-refractivity contribution in [3.8, 4) is 0 Å². The molecule has 6 atom stereocenters. The standard InChI is InChI=1S/C47H89N3O9/c1-5-7-9-11-13-15-16-17-18-19-20-21-23-25-27-29-34-50(41(53)32-28-26-24-22-14-12-10-8-6-2)47-43(45(57)44(56)39(36-51)59-47)49-46(58)38(35-37(3)4)48-40(52)31-30-33-42(54)55/h37-39,43-45,47,51,56-57H,5-36H2,1-4H3,(H,48,52)(H,49,58)(H,54,55)/t38-,39+,43+,44+,45+,47+/m0/s1. The van der Waals surface area contributed by atoms with E-state index in [0.717, 1.165) is 38.5 Å². The number of rotatable bonds is 38. The molecule has 0 aliphatic carbocycles. The third kappa shape index (κ3) is 25.9. The number of carbonyl (C=O) groups is 4. The van der Waals surface area contributed by atoms with Crippen LogP contribution in [0.2, 0.25) is 0 Å². The van der Waals surface area contributed by atoms with Crippen LogP contribution in [0.25, 0.3) is 0 Å². The highest BCUT2D eigenvalue weighted by Crippen LogP contribution is 2.26. The maximum atomic E-state index is 14.1. The first kappa shape index (κ1) is 54.7.